The molecule has 3 nitrogen and oxygen atoms in total. The standard InChI is InChI=1S/C19H23BrFNO2/c1-19(2,3)24-18(23)22-13-6-4-7-14(22)11-12(10-13)15-8-5-9-16(20)17(15)21/h5,8-10,13-14H,4,6-7,11H2,1-3H3. The molecule has 1 saturated heterocycles. The van der Waals surface area contributed by atoms with Gasteiger partial charge in [-0.2, -0.15) is 0 Å². The smallest absolute Gasteiger partial charge is 0.411 e. The van der Waals surface area contributed by atoms with Crippen molar-refractivity contribution in [1.82, 2.24) is 4.90 Å². The highest BCUT2D eigenvalue weighted by molar-refractivity contribution is 9.10. The summed E-state index contributed by atoms with van der Waals surface area (Å²) in [5, 5.41) is 0. The van der Waals surface area contributed by atoms with Crippen LogP contribution in [0.3, 0.4) is 0 Å². The third kappa shape index (κ3) is 3.51. The van der Waals surface area contributed by atoms with E-state index in [9.17, 15) is 9.18 Å². The van der Waals surface area contributed by atoms with E-state index < -0.39 is 5.60 Å². The van der Waals surface area contributed by atoms with E-state index >= 15 is 0 Å². The van der Waals surface area contributed by atoms with Crippen LogP contribution in [-0.4, -0.2) is 28.7 Å². The molecule has 0 aromatic heterocycles. The molecule has 2 heterocycles. The maximum atomic E-state index is 14.4. The zero-order valence-electron chi connectivity index (χ0n) is 14.3. The van der Waals surface area contributed by atoms with Crippen LogP contribution in [0.25, 0.3) is 5.57 Å². The van der Waals surface area contributed by atoms with Gasteiger partial charge in [0, 0.05) is 11.6 Å². The van der Waals surface area contributed by atoms with E-state index in [1.54, 1.807) is 6.07 Å². The summed E-state index contributed by atoms with van der Waals surface area (Å²) in [6, 6.07) is 5.43. The van der Waals surface area contributed by atoms with Crippen molar-refractivity contribution in [3.8, 4) is 0 Å². The third-order valence-electron chi connectivity index (χ3n) is 4.54. The Balaban J connectivity index is 1.90. The van der Waals surface area contributed by atoms with Crippen LogP contribution in [0.4, 0.5) is 9.18 Å². The fourth-order valence-corrected chi connectivity index (χ4v) is 3.95. The number of benzene rings is 1. The van der Waals surface area contributed by atoms with Crippen LogP contribution < -0.4 is 0 Å². The van der Waals surface area contributed by atoms with Crippen LogP contribution in [-0.2, 0) is 4.74 Å². The molecule has 1 amide bonds. The molecule has 0 saturated carbocycles. The summed E-state index contributed by atoms with van der Waals surface area (Å²) in [4.78, 5) is 14.4. The van der Waals surface area contributed by atoms with Crippen molar-refractivity contribution in [1.29, 1.82) is 0 Å². The molecule has 1 fully saturated rings. The van der Waals surface area contributed by atoms with Crippen molar-refractivity contribution < 1.29 is 13.9 Å². The van der Waals surface area contributed by atoms with Gasteiger partial charge < -0.3 is 4.74 Å². The summed E-state index contributed by atoms with van der Waals surface area (Å²) in [7, 11) is 0. The van der Waals surface area contributed by atoms with E-state index in [1.807, 2.05) is 43.9 Å². The summed E-state index contributed by atoms with van der Waals surface area (Å²) < 4.78 is 20.5. The molecule has 1 aromatic carbocycles. The van der Waals surface area contributed by atoms with E-state index in [-0.39, 0.29) is 24.0 Å². The van der Waals surface area contributed by atoms with E-state index in [0.29, 0.717) is 16.5 Å². The Hall–Kier alpha value is -1.36. The third-order valence-corrected chi connectivity index (χ3v) is 5.15. The van der Waals surface area contributed by atoms with E-state index in [4.69, 9.17) is 4.74 Å². The number of piperidine rings is 1. The molecule has 3 rings (SSSR count). The average molecular weight is 396 g/mol. The van der Waals surface area contributed by atoms with Gasteiger partial charge in [0.15, 0.2) is 0 Å². The summed E-state index contributed by atoms with van der Waals surface area (Å²) >= 11 is 3.26. The molecule has 5 heteroatoms. The first-order valence-corrected chi connectivity index (χ1v) is 9.22. The number of ether oxygens (including phenoxy) is 1. The van der Waals surface area contributed by atoms with Gasteiger partial charge in [0.05, 0.1) is 10.5 Å². The van der Waals surface area contributed by atoms with Crippen molar-refractivity contribution in [3.63, 3.8) is 0 Å². The normalized spacial score (nSPS) is 23.7. The molecule has 2 aliphatic heterocycles. The van der Waals surface area contributed by atoms with Gasteiger partial charge >= 0.3 is 6.09 Å². The van der Waals surface area contributed by atoms with Crippen molar-refractivity contribution in [2.45, 2.75) is 64.1 Å². The number of nitrogens with zero attached hydrogens (tertiary/aromatic N) is 1. The lowest BCUT2D eigenvalue weighted by molar-refractivity contribution is 0.0000783. The molecule has 130 valence electrons. The van der Waals surface area contributed by atoms with Crippen LogP contribution in [0.1, 0.15) is 52.0 Å². The van der Waals surface area contributed by atoms with Gasteiger partial charge in [0.25, 0.3) is 0 Å². The maximum Gasteiger partial charge on any atom is 0.411 e. The van der Waals surface area contributed by atoms with Crippen molar-refractivity contribution in [2.24, 2.45) is 0 Å². The molecule has 0 spiro atoms. The van der Waals surface area contributed by atoms with Crippen LogP contribution in [0.15, 0.2) is 28.7 Å². The largest absolute Gasteiger partial charge is 0.444 e. The van der Waals surface area contributed by atoms with Gasteiger partial charge in [0.1, 0.15) is 11.4 Å². The first-order valence-electron chi connectivity index (χ1n) is 8.42. The molecule has 2 unspecified atom stereocenters. The Morgan fingerprint density at radius 1 is 1.33 bits per heavy atom. The molecular weight excluding hydrogens is 373 g/mol. The number of hydrogen-bond donors (Lipinski definition) is 0. The topological polar surface area (TPSA) is 29.5 Å². The minimum Gasteiger partial charge on any atom is -0.444 e. The SMILES string of the molecule is CC(C)(C)OC(=O)N1C2C=C(c3cccc(Br)c3F)CC1CCC2. The molecule has 24 heavy (non-hydrogen) atoms. The van der Waals surface area contributed by atoms with E-state index in [2.05, 4.69) is 15.9 Å². The molecule has 2 bridgehead atoms. The second kappa shape index (κ2) is 6.51. The zero-order valence-corrected chi connectivity index (χ0v) is 15.9. The van der Waals surface area contributed by atoms with Gasteiger partial charge in [-0.3, -0.25) is 4.90 Å². The number of carbonyl (C=O) groups is 1. The Bertz CT molecular complexity index is 680. The van der Waals surface area contributed by atoms with Crippen LogP contribution in [0, 0.1) is 5.82 Å². The summed E-state index contributed by atoms with van der Waals surface area (Å²) in [5.41, 5.74) is 1.11. The van der Waals surface area contributed by atoms with Gasteiger partial charge in [0.2, 0.25) is 0 Å². The molecule has 2 atom stereocenters. The van der Waals surface area contributed by atoms with E-state index in [0.717, 1.165) is 24.8 Å². The Morgan fingerprint density at radius 2 is 2.08 bits per heavy atom. The van der Waals surface area contributed by atoms with Crippen molar-refractivity contribution in [2.75, 3.05) is 0 Å². The Kier molecular flexibility index (Phi) is 4.73. The number of amides is 1. The summed E-state index contributed by atoms with van der Waals surface area (Å²) in [6.45, 7) is 5.63. The predicted octanol–water partition coefficient (Wildman–Crippen LogP) is 5.53. The highest BCUT2D eigenvalue weighted by Crippen LogP contribution is 2.39. The fourth-order valence-electron chi connectivity index (χ4n) is 3.58. The quantitative estimate of drug-likeness (QED) is 0.625. The number of hydrogen-bond acceptors (Lipinski definition) is 2. The summed E-state index contributed by atoms with van der Waals surface area (Å²) in [6.07, 6.45) is 5.37. The highest BCUT2D eigenvalue weighted by Gasteiger charge is 2.39. The predicted molar refractivity (Wildman–Crippen MR) is 96.2 cm³/mol. The van der Waals surface area contributed by atoms with Crippen LogP contribution >= 0.6 is 15.9 Å². The first-order chi connectivity index (χ1) is 11.3. The number of halogens is 2. The van der Waals surface area contributed by atoms with Gasteiger partial charge in [-0.1, -0.05) is 18.2 Å². The fraction of sp³-hybridized carbons (Fsp3) is 0.526. The van der Waals surface area contributed by atoms with Crippen LogP contribution in [0.5, 0.6) is 0 Å². The van der Waals surface area contributed by atoms with Gasteiger partial charge in [-0.25, -0.2) is 9.18 Å². The zero-order chi connectivity index (χ0) is 17.5. The molecule has 0 N–H and O–H groups in total. The van der Waals surface area contributed by atoms with Crippen molar-refractivity contribution in [3.05, 3.63) is 40.1 Å². The number of rotatable bonds is 1. The lowest BCUT2D eigenvalue weighted by atomic mass is 9.83. The number of fused-ring (bicyclic) bond motifs is 2. The summed E-state index contributed by atoms with van der Waals surface area (Å²) in [5.74, 6) is -0.229. The van der Waals surface area contributed by atoms with Gasteiger partial charge in [-0.15, -0.1) is 0 Å². The molecule has 1 aromatic rings. The molecule has 0 radical (unpaired) electrons. The lowest BCUT2D eigenvalue weighted by Gasteiger charge is -2.45. The molecular formula is C19H23BrFNO2. The second-order valence-electron chi connectivity index (χ2n) is 7.54. The highest BCUT2D eigenvalue weighted by atomic mass is 79.9. The van der Waals surface area contributed by atoms with E-state index in [1.165, 1.54) is 0 Å². The van der Waals surface area contributed by atoms with Crippen LogP contribution in [0.2, 0.25) is 0 Å². The minimum atomic E-state index is -0.508. The minimum absolute atomic E-state index is 0.0132. The number of carbonyl (C=O) groups excluding carboxylic acids is 1. The maximum absolute atomic E-state index is 14.4. The Morgan fingerprint density at radius 3 is 2.75 bits per heavy atom. The molecule has 2 aliphatic rings. The first kappa shape index (κ1) is 17.5. The van der Waals surface area contributed by atoms with Crippen molar-refractivity contribution >= 4 is 27.6 Å². The molecule has 0 aliphatic carbocycles. The monoisotopic (exact) mass is 395 g/mol. The Labute approximate surface area is 151 Å². The second-order valence-corrected chi connectivity index (χ2v) is 8.39. The van der Waals surface area contributed by atoms with Gasteiger partial charge in [-0.05, 0) is 74.0 Å². The lowest BCUT2D eigenvalue weighted by Crippen LogP contribution is -2.53. The average Bonchev–Trinajstić information content (AvgIpc) is 2.47.